The minimum Gasteiger partial charge on any atom is -0.444 e. The van der Waals surface area contributed by atoms with Crippen molar-refractivity contribution >= 4 is 17.5 Å². The first-order valence-electron chi connectivity index (χ1n) is 6.93. The number of ether oxygens (including phenoxy) is 1. The molecule has 110 valence electrons. The zero-order chi connectivity index (χ0) is 14.8. The molecule has 0 radical (unpaired) electrons. The SMILES string of the molecule is CC(C)(C)OC(=O)N[C@@H]1CCN(c2ccc(N)cc2)C1. The van der Waals surface area contributed by atoms with Crippen LogP contribution in [-0.4, -0.2) is 30.8 Å². The number of amides is 1. The largest absolute Gasteiger partial charge is 0.444 e. The molecule has 1 atom stereocenters. The molecular formula is C15H23N3O2. The highest BCUT2D eigenvalue weighted by atomic mass is 16.6. The number of nitrogens with zero attached hydrogens (tertiary/aromatic N) is 1. The summed E-state index contributed by atoms with van der Waals surface area (Å²) < 4.78 is 5.27. The van der Waals surface area contributed by atoms with Crippen molar-refractivity contribution in [2.24, 2.45) is 0 Å². The molecule has 0 aliphatic carbocycles. The number of nitrogens with two attached hydrogens (primary N) is 1. The molecule has 0 bridgehead atoms. The van der Waals surface area contributed by atoms with Gasteiger partial charge in [-0.15, -0.1) is 0 Å². The summed E-state index contributed by atoms with van der Waals surface area (Å²) >= 11 is 0. The molecule has 5 heteroatoms. The minimum atomic E-state index is -0.459. The molecule has 1 aliphatic heterocycles. The van der Waals surface area contributed by atoms with Gasteiger partial charge in [0.1, 0.15) is 5.60 Å². The molecule has 1 amide bonds. The molecule has 5 nitrogen and oxygen atoms in total. The Hall–Kier alpha value is -1.91. The minimum absolute atomic E-state index is 0.127. The van der Waals surface area contributed by atoms with Gasteiger partial charge < -0.3 is 20.7 Å². The number of hydrogen-bond acceptors (Lipinski definition) is 4. The van der Waals surface area contributed by atoms with E-state index in [2.05, 4.69) is 10.2 Å². The number of benzene rings is 1. The number of alkyl carbamates (subject to hydrolysis) is 1. The van der Waals surface area contributed by atoms with E-state index in [4.69, 9.17) is 10.5 Å². The van der Waals surface area contributed by atoms with E-state index in [1.807, 2.05) is 45.0 Å². The summed E-state index contributed by atoms with van der Waals surface area (Å²) in [6, 6.07) is 7.92. The van der Waals surface area contributed by atoms with E-state index >= 15 is 0 Å². The van der Waals surface area contributed by atoms with Gasteiger partial charge in [-0.25, -0.2) is 4.79 Å². The maximum atomic E-state index is 11.7. The van der Waals surface area contributed by atoms with Crippen LogP contribution in [0.4, 0.5) is 16.2 Å². The maximum Gasteiger partial charge on any atom is 0.407 e. The number of nitrogen functional groups attached to an aromatic ring is 1. The van der Waals surface area contributed by atoms with Crippen molar-refractivity contribution in [2.45, 2.75) is 38.8 Å². The fourth-order valence-electron chi connectivity index (χ4n) is 2.27. The summed E-state index contributed by atoms with van der Waals surface area (Å²) in [6.45, 7) is 7.30. The van der Waals surface area contributed by atoms with Crippen molar-refractivity contribution in [3.8, 4) is 0 Å². The molecule has 0 spiro atoms. The molecule has 1 aliphatic rings. The monoisotopic (exact) mass is 277 g/mol. The fourth-order valence-corrected chi connectivity index (χ4v) is 2.27. The summed E-state index contributed by atoms with van der Waals surface area (Å²) in [7, 11) is 0. The standard InChI is InChI=1S/C15H23N3O2/c1-15(2,3)20-14(19)17-12-8-9-18(10-12)13-6-4-11(16)5-7-13/h4-7,12H,8-10,16H2,1-3H3,(H,17,19)/t12-/m1/s1. The van der Waals surface area contributed by atoms with Crippen LogP contribution >= 0.6 is 0 Å². The highest BCUT2D eigenvalue weighted by Crippen LogP contribution is 2.21. The molecule has 1 heterocycles. The average molecular weight is 277 g/mol. The van der Waals surface area contributed by atoms with Crippen LogP contribution in [0.3, 0.4) is 0 Å². The summed E-state index contributed by atoms with van der Waals surface area (Å²) in [5.74, 6) is 0. The van der Waals surface area contributed by atoms with Gasteiger partial charge in [-0.3, -0.25) is 0 Å². The van der Waals surface area contributed by atoms with Gasteiger partial charge in [0.05, 0.1) is 6.04 Å². The first-order chi connectivity index (χ1) is 9.33. The van der Waals surface area contributed by atoms with E-state index in [0.717, 1.165) is 30.9 Å². The van der Waals surface area contributed by atoms with Gasteiger partial charge in [0.25, 0.3) is 0 Å². The molecule has 20 heavy (non-hydrogen) atoms. The second-order valence-corrected chi connectivity index (χ2v) is 6.17. The molecule has 3 N–H and O–H groups in total. The molecule has 0 aromatic heterocycles. The van der Waals surface area contributed by atoms with Crippen LogP contribution in [0.15, 0.2) is 24.3 Å². The summed E-state index contributed by atoms with van der Waals surface area (Å²) in [4.78, 5) is 14.0. The van der Waals surface area contributed by atoms with Crippen molar-refractivity contribution in [3.63, 3.8) is 0 Å². The van der Waals surface area contributed by atoms with Crippen LogP contribution in [0.25, 0.3) is 0 Å². The number of rotatable bonds is 2. The zero-order valence-corrected chi connectivity index (χ0v) is 12.3. The van der Waals surface area contributed by atoms with Crippen molar-refractivity contribution in [3.05, 3.63) is 24.3 Å². The predicted molar refractivity (Wildman–Crippen MR) is 80.8 cm³/mol. The van der Waals surface area contributed by atoms with Crippen LogP contribution in [0, 0.1) is 0 Å². The third kappa shape index (κ3) is 4.05. The van der Waals surface area contributed by atoms with Gasteiger partial charge in [-0.2, -0.15) is 0 Å². The van der Waals surface area contributed by atoms with Crippen LogP contribution in [-0.2, 0) is 4.74 Å². The first-order valence-corrected chi connectivity index (χ1v) is 6.93. The lowest BCUT2D eigenvalue weighted by Gasteiger charge is -2.22. The summed E-state index contributed by atoms with van der Waals surface area (Å²) in [5, 5.41) is 2.92. The molecule has 1 saturated heterocycles. The predicted octanol–water partition coefficient (Wildman–Crippen LogP) is 2.37. The van der Waals surface area contributed by atoms with Crippen molar-refractivity contribution in [1.82, 2.24) is 5.32 Å². The quantitative estimate of drug-likeness (QED) is 0.814. The lowest BCUT2D eigenvalue weighted by molar-refractivity contribution is 0.0509. The molecule has 2 rings (SSSR count). The maximum absolute atomic E-state index is 11.7. The van der Waals surface area contributed by atoms with Crippen LogP contribution < -0.4 is 16.0 Å². The van der Waals surface area contributed by atoms with E-state index in [0.29, 0.717) is 0 Å². The lowest BCUT2D eigenvalue weighted by atomic mass is 10.2. The van der Waals surface area contributed by atoms with Gasteiger partial charge >= 0.3 is 6.09 Å². The topological polar surface area (TPSA) is 67.6 Å². The fraction of sp³-hybridized carbons (Fsp3) is 0.533. The number of carbonyl (C=O) groups excluding carboxylic acids is 1. The Kier molecular flexibility index (Phi) is 4.06. The van der Waals surface area contributed by atoms with Crippen molar-refractivity contribution in [2.75, 3.05) is 23.7 Å². The third-order valence-corrected chi connectivity index (χ3v) is 3.17. The number of carbonyl (C=O) groups is 1. The van der Waals surface area contributed by atoms with E-state index in [1.165, 1.54) is 0 Å². The zero-order valence-electron chi connectivity index (χ0n) is 12.3. The van der Waals surface area contributed by atoms with E-state index in [-0.39, 0.29) is 12.1 Å². The van der Waals surface area contributed by atoms with Gasteiger partial charge in [0, 0.05) is 24.5 Å². The smallest absolute Gasteiger partial charge is 0.407 e. The van der Waals surface area contributed by atoms with Gasteiger partial charge in [-0.1, -0.05) is 0 Å². The molecule has 1 aromatic carbocycles. The first kappa shape index (κ1) is 14.5. The molecule has 1 fully saturated rings. The molecule has 0 saturated carbocycles. The molecule has 0 unspecified atom stereocenters. The van der Waals surface area contributed by atoms with Crippen molar-refractivity contribution in [1.29, 1.82) is 0 Å². The number of anilines is 2. The highest BCUT2D eigenvalue weighted by molar-refractivity contribution is 5.68. The Morgan fingerprint density at radius 3 is 2.60 bits per heavy atom. The van der Waals surface area contributed by atoms with Gasteiger partial charge in [0.15, 0.2) is 0 Å². The Labute approximate surface area is 120 Å². The van der Waals surface area contributed by atoms with E-state index in [1.54, 1.807) is 0 Å². The summed E-state index contributed by atoms with van der Waals surface area (Å²) in [5.41, 5.74) is 7.12. The highest BCUT2D eigenvalue weighted by Gasteiger charge is 2.26. The average Bonchev–Trinajstić information content (AvgIpc) is 2.75. The molecular weight excluding hydrogens is 254 g/mol. The summed E-state index contributed by atoms with van der Waals surface area (Å²) in [6.07, 6.45) is 0.575. The number of nitrogens with one attached hydrogen (secondary N) is 1. The Morgan fingerprint density at radius 2 is 2.00 bits per heavy atom. The lowest BCUT2D eigenvalue weighted by Crippen LogP contribution is -2.40. The molecule has 1 aromatic rings. The third-order valence-electron chi connectivity index (χ3n) is 3.17. The van der Waals surface area contributed by atoms with Gasteiger partial charge in [-0.05, 0) is 51.5 Å². The van der Waals surface area contributed by atoms with Gasteiger partial charge in [0.2, 0.25) is 0 Å². The van der Waals surface area contributed by atoms with Crippen LogP contribution in [0.1, 0.15) is 27.2 Å². The second kappa shape index (κ2) is 5.61. The second-order valence-electron chi connectivity index (χ2n) is 6.17. The Bertz CT molecular complexity index is 465. The van der Waals surface area contributed by atoms with E-state index < -0.39 is 5.60 Å². The van der Waals surface area contributed by atoms with Crippen LogP contribution in [0.2, 0.25) is 0 Å². The Morgan fingerprint density at radius 1 is 1.35 bits per heavy atom. The normalized spacial score (nSPS) is 18.9. The number of hydrogen-bond donors (Lipinski definition) is 2. The van der Waals surface area contributed by atoms with E-state index in [9.17, 15) is 4.79 Å². The van der Waals surface area contributed by atoms with Crippen molar-refractivity contribution < 1.29 is 9.53 Å². The Balaban J connectivity index is 1.86. The van der Waals surface area contributed by atoms with Crippen LogP contribution in [0.5, 0.6) is 0 Å².